The van der Waals surface area contributed by atoms with Crippen LogP contribution in [0.3, 0.4) is 0 Å². The first-order chi connectivity index (χ1) is 8.33. The van der Waals surface area contributed by atoms with Gasteiger partial charge in [-0.05, 0) is 29.0 Å². The third kappa shape index (κ3) is 1.85. The SMILES string of the molecule is Nc1ccnc(-c2ccc3ccccc3c2)c1. The smallest absolute Gasteiger partial charge is 0.0722 e. The highest BCUT2D eigenvalue weighted by atomic mass is 14.7. The molecule has 2 N–H and O–H groups in total. The molecular weight excluding hydrogens is 208 g/mol. The Hall–Kier alpha value is -2.35. The van der Waals surface area contributed by atoms with Gasteiger partial charge in [0.25, 0.3) is 0 Å². The third-order valence-corrected chi connectivity index (χ3v) is 2.83. The van der Waals surface area contributed by atoms with E-state index in [1.54, 1.807) is 12.3 Å². The maximum atomic E-state index is 5.77. The Morgan fingerprint density at radius 3 is 2.47 bits per heavy atom. The summed E-state index contributed by atoms with van der Waals surface area (Å²) in [6, 6.07) is 18.3. The predicted molar refractivity (Wildman–Crippen MR) is 71.6 cm³/mol. The van der Waals surface area contributed by atoms with Crippen LogP contribution in [-0.4, -0.2) is 4.98 Å². The molecule has 0 fully saturated rings. The molecule has 0 radical (unpaired) electrons. The largest absolute Gasteiger partial charge is 0.399 e. The van der Waals surface area contributed by atoms with Crippen LogP contribution in [-0.2, 0) is 0 Å². The van der Waals surface area contributed by atoms with Gasteiger partial charge >= 0.3 is 0 Å². The molecule has 0 saturated carbocycles. The Morgan fingerprint density at radius 2 is 1.65 bits per heavy atom. The number of nitrogens with two attached hydrogens (primary N) is 1. The Bertz CT molecular complexity index is 674. The fourth-order valence-electron chi connectivity index (χ4n) is 1.95. The van der Waals surface area contributed by atoms with Crippen molar-refractivity contribution >= 4 is 16.5 Å². The van der Waals surface area contributed by atoms with Gasteiger partial charge in [-0.2, -0.15) is 0 Å². The molecule has 0 saturated heterocycles. The van der Waals surface area contributed by atoms with Crippen LogP contribution < -0.4 is 5.73 Å². The number of fused-ring (bicyclic) bond motifs is 1. The molecule has 17 heavy (non-hydrogen) atoms. The first-order valence-corrected chi connectivity index (χ1v) is 5.54. The topological polar surface area (TPSA) is 38.9 Å². The quantitative estimate of drug-likeness (QED) is 0.681. The normalized spacial score (nSPS) is 10.6. The lowest BCUT2D eigenvalue weighted by Gasteiger charge is -2.04. The van der Waals surface area contributed by atoms with Gasteiger partial charge in [-0.15, -0.1) is 0 Å². The first kappa shape index (κ1) is 9.85. The molecule has 1 aromatic heterocycles. The highest BCUT2D eigenvalue weighted by molar-refractivity contribution is 5.86. The molecule has 0 aliphatic rings. The van der Waals surface area contributed by atoms with Gasteiger partial charge in [0.05, 0.1) is 5.69 Å². The van der Waals surface area contributed by atoms with Crippen molar-refractivity contribution in [3.05, 3.63) is 60.8 Å². The zero-order valence-corrected chi connectivity index (χ0v) is 9.30. The van der Waals surface area contributed by atoms with Gasteiger partial charge < -0.3 is 5.73 Å². The zero-order chi connectivity index (χ0) is 11.7. The van der Waals surface area contributed by atoms with E-state index in [0.29, 0.717) is 0 Å². The predicted octanol–water partition coefficient (Wildman–Crippen LogP) is 3.48. The van der Waals surface area contributed by atoms with Crippen molar-refractivity contribution in [3.63, 3.8) is 0 Å². The third-order valence-electron chi connectivity index (χ3n) is 2.83. The van der Waals surface area contributed by atoms with Gasteiger partial charge in [-0.1, -0.05) is 36.4 Å². The van der Waals surface area contributed by atoms with Crippen LogP contribution in [0, 0.1) is 0 Å². The molecule has 0 bridgehead atoms. The van der Waals surface area contributed by atoms with Gasteiger partial charge in [0, 0.05) is 17.4 Å². The first-order valence-electron chi connectivity index (χ1n) is 5.54. The average molecular weight is 220 g/mol. The summed E-state index contributed by atoms with van der Waals surface area (Å²) < 4.78 is 0. The van der Waals surface area contributed by atoms with Crippen LogP contribution >= 0.6 is 0 Å². The maximum Gasteiger partial charge on any atom is 0.0722 e. The molecule has 0 unspecified atom stereocenters. The van der Waals surface area contributed by atoms with Gasteiger partial charge in [0.2, 0.25) is 0 Å². The van der Waals surface area contributed by atoms with Crippen molar-refractivity contribution in [2.75, 3.05) is 5.73 Å². The Labute approximate surface area is 99.7 Å². The van der Waals surface area contributed by atoms with E-state index < -0.39 is 0 Å². The summed E-state index contributed by atoms with van der Waals surface area (Å²) in [5, 5.41) is 2.45. The van der Waals surface area contributed by atoms with Crippen molar-refractivity contribution in [1.82, 2.24) is 4.98 Å². The molecule has 0 spiro atoms. The standard InChI is InChI=1S/C15H12N2/c16-14-7-8-17-15(10-14)13-6-5-11-3-1-2-4-12(11)9-13/h1-10H,(H2,16,17). The molecule has 82 valence electrons. The number of nitrogen functional groups attached to an aromatic ring is 1. The van der Waals surface area contributed by atoms with Crippen LogP contribution in [0.25, 0.3) is 22.0 Å². The minimum Gasteiger partial charge on any atom is -0.399 e. The molecule has 0 aliphatic carbocycles. The van der Waals surface area contributed by atoms with Crippen LogP contribution in [0.15, 0.2) is 60.8 Å². The highest BCUT2D eigenvalue weighted by Gasteiger charge is 2.00. The number of aromatic nitrogens is 1. The van der Waals surface area contributed by atoms with E-state index in [0.717, 1.165) is 16.9 Å². The van der Waals surface area contributed by atoms with E-state index in [9.17, 15) is 0 Å². The number of pyridine rings is 1. The van der Waals surface area contributed by atoms with E-state index in [4.69, 9.17) is 5.73 Å². The Balaban J connectivity index is 2.18. The van der Waals surface area contributed by atoms with Crippen LogP contribution in [0.5, 0.6) is 0 Å². The second-order valence-corrected chi connectivity index (χ2v) is 4.04. The van der Waals surface area contributed by atoms with Crippen molar-refractivity contribution in [1.29, 1.82) is 0 Å². The van der Waals surface area contributed by atoms with Gasteiger partial charge in [-0.3, -0.25) is 4.98 Å². The van der Waals surface area contributed by atoms with Gasteiger partial charge in [0.15, 0.2) is 0 Å². The second-order valence-electron chi connectivity index (χ2n) is 4.04. The average Bonchev–Trinajstić information content (AvgIpc) is 2.38. The Kier molecular flexibility index (Phi) is 2.26. The summed E-state index contributed by atoms with van der Waals surface area (Å²) in [4.78, 5) is 4.34. The molecule has 0 atom stereocenters. The molecule has 2 aromatic carbocycles. The summed E-state index contributed by atoms with van der Waals surface area (Å²) in [5.74, 6) is 0. The zero-order valence-electron chi connectivity index (χ0n) is 9.30. The lowest BCUT2D eigenvalue weighted by molar-refractivity contribution is 1.33. The number of hydrogen-bond acceptors (Lipinski definition) is 2. The molecule has 0 aliphatic heterocycles. The summed E-state index contributed by atoms with van der Waals surface area (Å²) in [6.45, 7) is 0. The minimum atomic E-state index is 0.739. The molecule has 1 heterocycles. The molecule has 3 rings (SSSR count). The van der Waals surface area contributed by atoms with E-state index in [1.807, 2.05) is 18.2 Å². The fourth-order valence-corrected chi connectivity index (χ4v) is 1.95. The van der Waals surface area contributed by atoms with Crippen molar-refractivity contribution < 1.29 is 0 Å². The summed E-state index contributed by atoms with van der Waals surface area (Å²) >= 11 is 0. The minimum absolute atomic E-state index is 0.739. The monoisotopic (exact) mass is 220 g/mol. The lowest BCUT2D eigenvalue weighted by atomic mass is 10.0. The van der Waals surface area contributed by atoms with Crippen molar-refractivity contribution in [2.24, 2.45) is 0 Å². The number of nitrogens with zero attached hydrogens (tertiary/aromatic N) is 1. The number of anilines is 1. The van der Waals surface area contributed by atoms with Crippen molar-refractivity contribution in [3.8, 4) is 11.3 Å². The lowest BCUT2D eigenvalue weighted by Crippen LogP contribution is -1.88. The number of benzene rings is 2. The summed E-state index contributed by atoms with van der Waals surface area (Å²) in [6.07, 6.45) is 1.74. The molecule has 0 amide bonds. The van der Waals surface area contributed by atoms with Gasteiger partial charge in [0.1, 0.15) is 0 Å². The van der Waals surface area contributed by atoms with E-state index in [2.05, 4.69) is 35.3 Å². The number of hydrogen-bond donors (Lipinski definition) is 1. The maximum absolute atomic E-state index is 5.77. The second kappa shape index (κ2) is 3.91. The van der Waals surface area contributed by atoms with E-state index >= 15 is 0 Å². The van der Waals surface area contributed by atoms with Crippen LogP contribution in [0.4, 0.5) is 5.69 Å². The van der Waals surface area contributed by atoms with Crippen molar-refractivity contribution in [2.45, 2.75) is 0 Å². The molecule has 3 aromatic rings. The van der Waals surface area contributed by atoms with Crippen LogP contribution in [0.2, 0.25) is 0 Å². The van der Waals surface area contributed by atoms with Crippen LogP contribution in [0.1, 0.15) is 0 Å². The number of rotatable bonds is 1. The molecular formula is C15H12N2. The highest BCUT2D eigenvalue weighted by Crippen LogP contribution is 2.23. The fraction of sp³-hybridized carbons (Fsp3) is 0. The van der Waals surface area contributed by atoms with E-state index in [-0.39, 0.29) is 0 Å². The molecule has 2 heteroatoms. The Morgan fingerprint density at radius 1 is 0.824 bits per heavy atom. The van der Waals surface area contributed by atoms with E-state index in [1.165, 1.54) is 10.8 Å². The summed E-state index contributed by atoms with van der Waals surface area (Å²) in [7, 11) is 0. The molecule has 2 nitrogen and oxygen atoms in total. The van der Waals surface area contributed by atoms with Gasteiger partial charge in [-0.25, -0.2) is 0 Å². The summed E-state index contributed by atoms with van der Waals surface area (Å²) in [5.41, 5.74) is 8.51.